The van der Waals surface area contributed by atoms with E-state index >= 15 is 0 Å². The Kier molecular flexibility index (Phi) is 3.81. The number of nitrogen functional groups attached to an aromatic ring is 1. The fourth-order valence-corrected chi connectivity index (χ4v) is 2.87. The lowest BCUT2D eigenvalue weighted by molar-refractivity contribution is 0.0954. The van der Waals surface area contributed by atoms with Gasteiger partial charge in [0, 0.05) is 16.7 Å². The molecule has 1 aromatic heterocycles. The largest absolute Gasteiger partial charge is 0.398 e. The first-order valence-electron chi connectivity index (χ1n) is 5.03. The van der Waals surface area contributed by atoms with Crippen molar-refractivity contribution in [1.82, 2.24) is 5.32 Å². The van der Waals surface area contributed by atoms with Crippen molar-refractivity contribution in [2.24, 2.45) is 0 Å². The van der Waals surface area contributed by atoms with E-state index in [9.17, 15) is 4.79 Å². The van der Waals surface area contributed by atoms with Crippen molar-refractivity contribution in [2.45, 2.75) is 6.54 Å². The van der Waals surface area contributed by atoms with E-state index in [0.29, 0.717) is 17.1 Å². The topological polar surface area (TPSA) is 55.1 Å². The molecule has 0 saturated heterocycles. The molecule has 1 amide bonds. The van der Waals surface area contributed by atoms with Crippen molar-refractivity contribution in [2.75, 3.05) is 5.73 Å². The van der Waals surface area contributed by atoms with Crippen molar-refractivity contribution in [3.05, 3.63) is 50.6 Å². The molecule has 0 fully saturated rings. The maximum absolute atomic E-state index is 11.8. The quantitative estimate of drug-likeness (QED) is 0.856. The first-order valence-corrected chi connectivity index (χ1v) is 6.70. The van der Waals surface area contributed by atoms with Crippen molar-refractivity contribution in [3.8, 4) is 0 Å². The van der Waals surface area contributed by atoms with E-state index in [1.807, 2.05) is 35.7 Å². The average molecular weight is 311 g/mol. The molecule has 1 aromatic carbocycles. The Bertz CT molecular complexity index is 539. The maximum atomic E-state index is 11.8. The summed E-state index contributed by atoms with van der Waals surface area (Å²) in [5, 5.41) is 4.72. The summed E-state index contributed by atoms with van der Waals surface area (Å²) < 4.78 is 0.820. The first kappa shape index (κ1) is 12.1. The summed E-state index contributed by atoms with van der Waals surface area (Å²) in [5.41, 5.74) is 7.41. The Morgan fingerprint density at radius 2 is 2.12 bits per heavy atom. The Morgan fingerprint density at radius 1 is 1.35 bits per heavy atom. The third-order valence-corrected chi connectivity index (χ3v) is 4.15. The van der Waals surface area contributed by atoms with Gasteiger partial charge < -0.3 is 11.1 Å². The van der Waals surface area contributed by atoms with Crippen LogP contribution in [0.2, 0.25) is 0 Å². The number of amides is 1. The monoisotopic (exact) mass is 310 g/mol. The molecular weight excluding hydrogens is 300 g/mol. The minimum absolute atomic E-state index is 0.0878. The van der Waals surface area contributed by atoms with E-state index in [2.05, 4.69) is 21.2 Å². The molecule has 3 N–H and O–H groups in total. The SMILES string of the molecule is Nc1ccccc1CNC(=O)c1sccc1Br. The number of anilines is 1. The second kappa shape index (κ2) is 5.33. The number of carbonyl (C=O) groups excluding carboxylic acids is 1. The Morgan fingerprint density at radius 3 is 2.76 bits per heavy atom. The number of nitrogens with two attached hydrogens (primary N) is 1. The highest BCUT2D eigenvalue weighted by Gasteiger charge is 2.11. The molecule has 0 spiro atoms. The predicted octanol–water partition coefficient (Wildman–Crippen LogP) is 3.02. The fraction of sp³-hybridized carbons (Fsp3) is 0.0833. The molecule has 0 aliphatic rings. The molecule has 0 aliphatic heterocycles. The van der Waals surface area contributed by atoms with E-state index in [1.165, 1.54) is 11.3 Å². The molecule has 1 heterocycles. The lowest BCUT2D eigenvalue weighted by Crippen LogP contribution is -2.22. The third kappa shape index (κ3) is 2.87. The zero-order valence-electron chi connectivity index (χ0n) is 8.94. The highest BCUT2D eigenvalue weighted by molar-refractivity contribution is 9.10. The smallest absolute Gasteiger partial charge is 0.262 e. The molecule has 0 radical (unpaired) electrons. The average Bonchev–Trinajstić information content (AvgIpc) is 2.74. The number of benzene rings is 1. The van der Waals surface area contributed by atoms with Gasteiger partial charge in [-0.25, -0.2) is 0 Å². The number of para-hydroxylation sites is 1. The lowest BCUT2D eigenvalue weighted by atomic mass is 10.2. The van der Waals surface area contributed by atoms with Gasteiger partial charge in [-0.3, -0.25) is 4.79 Å². The van der Waals surface area contributed by atoms with E-state index in [4.69, 9.17) is 5.73 Å². The molecule has 0 atom stereocenters. The maximum Gasteiger partial charge on any atom is 0.262 e. The van der Waals surface area contributed by atoms with Crippen LogP contribution in [-0.2, 0) is 6.54 Å². The standard InChI is InChI=1S/C12H11BrN2OS/c13-9-5-6-17-11(9)12(16)15-7-8-3-1-2-4-10(8)14/h1-6H,7,14H2,(H,15,16). The van der Waals surface area contributed by atoms with Gasteiger partial charge >= 0.3 is 0 Å². The van der Waals surface area contributed by atoms with Gasteiger partial charge in [-0.2, -0.15) is 0 Å². The third-order valence-electron chi connectivity index (χ3n) is 2.32. The number of halogens is 1. The minimum atomic E-state index is -0.0878. The molecule has 0 aliphatic carbocycles. The Labute approximate surface area is 112 Å². The summed E-state index contributed by atoms with van der Waals surface area (Å²) >= 11 is 4.74. The zero-order chi connectivity index (χ0) is 12.3. The number of rotatable bonds is 3. The van der Waals surface area contributed by atoms with Crippen LogP contribution in [0.25, 0.3) is 0 Å². The van der Waals surface area contributed by atoms with E-state index in [1.54, 1.807) is 0 Å². The minimum Gasteiger partial charge on any atom is -0.398 e. The van der Waals surface area contributed by atoms with Crippen LogP contribution in [0.3, 0.4) is 0 Å². The van der Waals surface area contributed by atoms with Crippen molar-refractivity contribution in [1.29, 1.82) is 0 Å². The van der Waals surface area contributed by atoms with Crippen LogP contribution in [-0.4, -0.2) is 5.91 Å². The summed E-state index contributed by atoms with van der Waals surface area (Å²) in [6.07, 6.45) is 0. The van der Waals surface area contributed by atoms with E-state index in [-0.39, 0.29) is 5.91 Å². The van der Waals surface area contributed by atoms with E-state index in [0.717, 1.165) is 10.0 Å². The highest BCUT2D eigenvalue weighted by atomic mass is 79.9. The summed E-state index contributed by atoms with van der Waals surface area (Å²) in [6.45, 7) is 0.440. The summed E-state index contributed by atoms with van der Waals surface area (Å²) in [5.74, 6) is -0.0878. The van der Waals surface area contributed by atoms with Gasteiger partial charge in [0.2, 0.25) is 0 Å². The molecule has 0 unspecified atom stereocenters. The van der Waals surface area contributed by atoms with Crippen LogP contribution in [0.1, 0.15) is 15.2 Å². The van der Waals surface area contributed by atoms with Gasteiger partial charge in [-0.15, -0.1) is 11.3 Å². The van der Waals surface area contributed by atoms with Crippen LogP contribution in [0.4, 0.5) is 5.69 Å². The second-order valence-corrected chi connectivity index (χ2v) is 5.25. The first-order chi connectivity index (χ1) is 8.18. The van der Waals surface area contributed by atoms with Crippen molar-refractivity contribution in [3.63, 3.8) is 0 Å². The number of carbonyl (C=O) groups is 1. The molecule has 5 heteroatoms. The molecule has 3 nitrogen and oxygen atoms in total. The van der Waals surface area contributed by atoms with Crippen LogP contribution < -0.4 is 11.1 Å². The van der Waals surface area contributed by atoms with E-state index < -0.39 is 0 Å². The van der Waals surface area contributed by atoms with Crippen LogP contribution in [0.15, 0.2) is 40.2 Å². The van der Waals surface area contributed by atoms with Gasteiger partial charge in [-0.05, 0) is 39.0 Å². The zero-order valence-corrected chi connectivity index (χ0v) is 11.3. The Balaban J connectivity index is 2.02. The normalized spacial score (nSPS) is 10.2. The number of hydrogen-bond acceptors (Lipinski definition) is 3. The van der Waals surface area contributed by atoms with Crippen LogP contribution in [0.5, 0.6) is 0 Å². The van der Waals surface area contributed by atoms with Gasteiger partial charge in [0.15, 0.2) is 0 Å². The van der Waals surface area contributed by atoms with Crippen LogP contribution in [0, 0.1) is 0 Å². The number of nitrogens with one attached hydrogen (secondary N) is 1. The van der Waals surface area contributed by atoms with Gasteiger partial charge in [0.25, 0.3) is 5.91 Å². The molecule has 2 aromatic rings. The highest BCUT2D eigenvalue weighted by Crippen LogP contribution is 2.22. The van der Waals surface area contributed by atoms with Gasteiger partial charge in [0.1, 0.15) is 4.88 Å². The predicted molar refractivity (Wildman–Crippen MR) is 74.0 cm³/mol. The molecule has 0 saturated carbocycles. The summed E-state index contributed by atoms with van der Waals surface area (Å²) in [4.78, 5) is 12.5. The number of hydrogen-bond donors (Lipinski definition) is 2. The van der Waals surface area contributed by atoms with Crippen molar-refractivity contribution >= 4 is 38.9 Å². The van der Waals surface area contributed by atoms with Gasteiger partial charge in [-0.1, -0.05) is 18.2 Å². The molecule has 17 heavy (non-hydrogen) atoms. The van der Waals surface area contributed by atoms with Gasteiger partial charge in [0.05, 0.1) is 0 Å². The molecule has 0 bridgehead atoms. The number of thiophene rings is 1. The van der Waals surface area contributed by atoms with Crippen LogP contribution >= 0.6 is 27.3 Å². The second-order valence-electron chi connectivity index (χ2n) is 3.48. The summed E-state index contributed by atoms with van der Waals surface area (Å²) in [7, 11) is 0. The molecular formula is C12H11BrN2OS. The molecule has 2 rings (SSSR count). The lowest BCUT2D eigenvalue weighted by Gasteiger charge is -2.06. The van der Waals surface area contributed by atoms with Crippen molar-refractivity contribution < 1.29 is 4.79 Å². The summed E-state index contributed by atoms with van der Waals surface area (Å²) in [6, 6.07) is 9.35. The molecule has 88 valence electrons. The fourth-order valence-electron chi connectivity index (χ4n) is 1.41. The Hall–Kier alpha value is -1.33.